The zero-order valence-electron chi connectivity index (χ0n) is 17.3. The van der Waals surface area contributed by atoms with Crippen LogP contribution < -0.4 is 10.2 Å². The van der Waals surface area contributed by atoms with E-state index in [0.29, 0.717) is 17.8 Å². The molecule has 0 spiro atoms. The number of amides is 1. The molecule has 1 amide bonds. The second-order valence-corrected chi connectivity index (χ2v) is 7.62. The molecular formula is C21H22F3N5O3. The van der Waals surface area contributed by atoms with Crippen LogP contribution in [0.3, 0.4) is 0 Å². The van der Waals surface area contributed by atoms with Crippen molar-refractivity contribution in [1.82, 2.24) is 14.9 Å². The predicted octanol–water partition coefficient (Wildman–Crippen LogP) is 3.81. The third-order valence-electron chi connectivity index (χ3n) is 5.17. The fraction of sp³-hybridized carbons (Fsp3) is 0.381. The van der Waals surface area contributed by atoms with Crippen molar-refractivity contribution in [2.45, 2.75) is 45.1 Å². The van der Waals surface area contributed by atoms with Gasteiger partial charge in [0, 0.05) is 43.6 Å². The number of rotatable bonds is 6. The molecule has 1 atom stereocenters. The topological polar surface area (TPSA) is 96.4 Å². The van der Waals surface area contributed by atoms with Crippen molar-refractivity contribution in [2.24, 2.45) is 0 Å². The fourth-order valence-electron chi connectivity index (χ4n) is 3.60. The van der Waals surface area contributed by atoms with Crippen molar-refractivity contribution >= 4 is 17.6 Å². The SMILES string of the molecule is Cc1cc2n(n1)CCCN2C(=O)CCC(O)Nc1cc(-c2ccc(C(F)(F)F)cc2)no1. The molecule has 32 heavy (non-hydrogen) atoms. The van der Waals surface area contributed by atoms with Crippen LogP contribution in [0.4, 0.5) is 24.9 Å². The number of hydrogen-bond donors (Lipinski definition) is 2. The molecule has 1 unspecified atom stereocenters. The Balaban J connectivity index is 1.32. The van der Waals surface area contributed by atoms with Crippen molar-refractivity contribution in [3.05, 3.63) is 47.7 Å². The van der Waals surface area contributed by atoms with E-state index in [9.17, 15) is 23.1 Å². The minimum atomic E-state index is -4.41. The van der Waals surface area contributed by atoms with Crippen molar-refractivity contribution in [2.75, 3.05) is 16.8 Å². The molecule has 3 aromatic rings. The number of carbonyl (C=O) groups excluding carboxylic acids is 1. The fourth-order valence-corrected chi connectivity index (χ4v) is 3.60. The summed E-state index contributed by atoms with van der Waals surface area (Å²) < 4.78 is 45.0. The number of benzene rings is 1. The van der Waals surface area contributed by atoms with Crippen LogP contribution in [0.1, 0.15) is 30.5 Å². The number of anilines is 2. The van der Waals surface area contributed by atoms with Crippen molar-refractivity contribution in [3.63, 3.8) is 0 Å². The van der Waals surface area contributed by atoms with Gasteiger partial charge in [0.1, 0.15) is 17.7 Å². The Hall–Kier alpha value is -3.34. The minimum Gasteiger partial charge on any atom is -0.374 e. The first-order chi connectivity index (χ1) is 15.2. The monoisotopic (exact) mass is 449 g/mol. The molecule has 170 valence electrons. The van der Waals surface area contributed by atoms with Gasteiger partial charge in [-0.1, -0.05) is 17.3 Å². The van der Waals surface area contributed by atoms with E-state index in [4.69, 9.17) is 4.52 Å². The first-order valence-corrected chi connectivity index (χ1v) is 10.1. The Kier molecular flexibility index (Phi) is 5.92. The molecular weight excluding hydrogens is 427 g/mol. The number of fused-ring (bicyclic) bond motifs is 1. The number of aryl methyl sites for hydroxylation is 2. The lowest BCUT2D eigenvalue weighted by atomic mass is 10.1. The van der Waals surface area contributed by atoms with Gasteiger partial charge >= 0.3 is 6.18 Å². The molecule has 3 heterocycles. The summed E-state index contributed by atoms with van der Waals surface area (Å²) in [7, 11) is 0. The zero-order chi connectivity index (χ0) is 22.9. The van der Waals surface area contributed by atoms with Gasteiger partial charge in [-0.2, -0.15) is 18.3 Å². The molecule has 2 aromatic heterocycles. The van der Waals surface area contributed by atoms with Gasteiger partial charge in [-0.05, 0) is 25.5 Å². The lowest BCUT2D eigenvalue weighted by Gasteiger charge is -2.27. The van der Waals surface area contributed by atoms with Crippen molar-refractivity contribution in [1.29, 1.82) is 0 Å². The summed E-state index contributed by atoms with van der Waals surface area (Å²) in [5, 5.41) is 21.1. The lowest BCUT2D eigenvalue weighted by molar-refractivity contribution is -0.137. The maximum atomic E-state index is 12.7. The summed E-state index contributed by atoms with van der Waals surface area (Å²) in [5.74, 6) is 0.791. The van der Waals surface area contributed by atoms with Gasteiger partial charge in [-0.3, -0.25) is 9.69 Å². The number of halogens is 3. The highest BCUT2D eigenvalue weighted by Crippen LogP contribution is 2.31. The van der Waals surface area contributed by atoms with E-state index in [1.807, 2.05) is 17.7 Å². The van der Waals surface area contributed by atoms with Crippen LogP contribution in [0, 0.1) is 6.92 Å². The van der Waals surface area contributed by atoms with E-state index < -0.39 is 18.0 Å². The van der Waals surface area contributed by atoms with Crippen LogP contribution in [0.5, 0.6) is 0 Å². The predicted molar refractivity (Wildman–Crippen MR) is 110 cm³/mol. The van der Waals surface area contributed by atoms with Crippen molar-refractivity contribution < 1.29 is 27.6 Å². The first-order valence-electron chi connectivity index (χ1n) is 10.1. The summed E-state index contributed by atoms with van der Waals surface area (Å²) >= 11 is 0. The molecule has 2 N–H and O–H groups in total. The quantitative estimate of drug-likeness (QED) is 0.556. The Morgan fingerprint density at radius 3 is 2.72 bits per heavy atom. The molecule has 0 bridgehead atoms. The zero-order valence-corrected chi connectivity index (χ0v) is 17.3. The van der Waals surface area contributed by atoms with Crippen LogP contribution in [0.2, 0.25) is 0 Å². The maximum absolute atomic E-state index is 12.7. The summed E-state index contributed by atoms with van der Waals surface area (Å²) in [6, 6.07) is 7.86. The number of aliphatic hydroxyl groups excluding tert-OH is 1. The molecule has 0 aliphatic carbocycles. The molecule has 1 aliphatic rings. The summed E-state index contributed by atoms with van der Waals surface area (Å²) in [5.41, 5.74) is 0.851. The number of aliphatic hydroxyl groups is 1. The van der Waals surface area contributed by atoms with E-state index in [0.717, 1.165) is 36.6 Å². The number of nitrogens with zero attached hydrogens (tertiary/aromatic N) is 4. The summed E-state index contributed by atoms with van der Waals surface area (Å²) in [6.07, 6.45) is -4.42. The van der Waals surface area contributed by atoms with Gasteiger partial charge in [0.05, 0.1) is 11.3 Å². The average Bonchev–Trinajstić information content (AvgIpc) is 3.36. The standard InChI is InChI=1S/C21H22F3N5O3/c1-13-11-19-28(9-2-10-29(19)26-13)20(31)8-7-17(30)25-18-12-16(27-32-18)14-3-5-15(6-4-14)21(22,23)24/h3-6,11-12,17,25,30H,2,7-10H2,1H3. The van der Waals surface area contributed by atoms with Gasteiger partial charge < -0.3 is 14.9 Å². The number of nitrogens with one attached hydrogen (secondary N) is 1. The molecule has 0 fully saturated rings. The van der Waals surface area contributed by atoms with Gasteiger partial charge in [0.15, 0.2) is 0 Å². The minimum absolute atomic E-state index is 0.109. The number of aromatic nitrogens is 3. The lowest BCUT2D eigenvalue weighted by Crippen LogP contribution is -2.38. The third kappa shape index (κ3) is 4.77. The van der Waals surface area contributed by atoms with E-state index >= 15 is 0 Å². The number of carbonyl (C=O) groups is 1. The molecule has 1 aromatic carbocycles. The van der Waals surface area contributed by atoms with Crippen molar-refractivity contribution in [3.8, 4) is 11.3 Å². The molecule has 1 aliphatic heterocycles. The van der Waals surface area contributed by atoms with Crippen LogP contribution in [-0.2, 0) is 17.5 Å². The second-order valence-electron chi connectivity index (χ2n) is 7.62. The van der Waals surface area contributed by atoms with Gasteiger partial charge in [0.2, 0.25) is 11.8 Å². The Morgan fingerprint density at radius 1 is 1.25 bits per heavy atom. The molecule has 0 saturated heterocycles. The van der Waals surface area contributed by atoms with Crippen LogP contribution in [-0.4, -0.2) is 38.7 Å². The van der Waals surface area contributed by atoms with E-state index in [-0.39, 0.29) is 24.6 Å². The largest absolute Gasteiger partial charge is 0.416 e. The van der Waals surface area contributed by atoms with Crippen LogP contribution in [0.25, 0.3) is 11.3 Å². The van der Waals surface area contributed by atoms with Crippen LogP contribution in [0.15, 0.2) is 40.9 Å². The maximum Gasteiger partial charge on any atom is 0.416 e. The highest BCUT2D eigenvalue weighted by molar-refractivity contribution is 5.92. The third-order valence-corrected chi connectivity index (χ3v) is 5.17. The van der Waals surface area contributed by atoms with E-state index in [1.165, 1.54) is 18.2 Å². The van der Waals surface area contributed by atoms with Gasteiger partial charge in [0.25, 0.3) is 0 Å². The van der Waals surface area contributed by atoms with E-state index in [2.05, 4.69) is 15.6 Å². The number of alkyl halides is 3. The molecule has 4 rings (SSSR count). The Labute approximate surface area is 181 Å². The molecule has 8 nitrogen and oxygen atoms in total. The molecule has 0 saturated carbocycles. The Bertz CT molecular complexity index is 1090. The van der Waals surface area contributed by atoms with E-state index in [1.54, 1.807) is 4.90 Å². The highest BCUT2D eigenvalue weighted by atomic mass is 19.4. The smallest absolute Gasteiger partial charge is 0.374 e. The second kappa shape index (κ2) is 8.65. The summed E-state index contributed by atoms with van der Waals surface area (Å²) in [6.45, 7) is 3.24. The van der Waals surface area contributed by atoms with Gasteiger partial charge in [-0.25, -0.2) is 4.68 Å². The van der Waals surface area contributed by atoms with Crippen LogP contribution >= 0.6 is 0 Å². The first kappa shape index (κ1) is 21.9. The summed E-state index contributed by atoms with van der Waals surface area (Å²) in [4.78, 5) is 14.3. The normalized spacial score (nSPS) is 14.8. The number of hydrogen-bond acceptors (Lipinski definition) is 6. The molecule has 11 heteroatoms. The highest BCUT2D eigenvalue weighted by Gasteiger charge is 2.30. The average molecular weight is 449 g/mol. The van der Waals surface area contributed by atoms with Gasteiger partial charge in [-0.15, -0.1) is 0 Å². The molecule has 0 radical (unpaired) electrons. The Morgan fingerprint density at radius 2 is 2.00 bits per heavy atom.